The molecule has 1 aliphatic rings. The molecule has 23 heavy (non-hydrogen) atoms. The van der Waals surface area contributed by atoms with Crippen LogP contribution in [0, 0.1) is 12.8 Å². The Morgan fingerprint density at radius 2 is 2.04 bits per heavy atom. The van der Waals surface area contributed by atoms with Gasteiger partial charge in [-0.05, 0) is 25.7 Å². The molecule has 0 bridgehead atoms. The fourth-order valence-electron chi connectivity index (χ4n) is 2.45. The number of amides is 1. The summed E-state index contributed by atoms with van der Waals surface area (Å²) in [6.45, 7) is 8.42. The molecule has 1 fully saturated rings. The van der Waals surface area contributed by atoms with Crippen molar-refractivity contribution in [3.8, 4) is 0 Å². The maximum Gasteiger partial charge on any atom is 0.226 e. The number of nitrogens with one attached hydrogen (secondary N) is 1. The third-order valence-corrected chi connectivity index (χ3v) is 6.21. The van der Waals surface area contributed by atoms with E-state index in [0.29, 0.717) is 12.3 Å². The number of aryl methyl sites for hydroxylation is 1. The predicted molar refractivity (Wildman–Crippen MR) is 95.0 cm³/mol. The molecule has 0 aromatic carbocycles. The quantitative estimate of drug-likeness (QED) is 0.887. The molecule has 1 N–H and O–H groups in total. The molecule has 1 unspecified atom stereocenters. The van der Waals surface area contributed by atoms with Crippen LogP contribution in [0.3, 0.4) is 0 Å². The van der Waals surface area contributed by atoms with Crippen molar-refractivity contribution in [2.75, 3.05) is 0 Å². The molecule has 1 amide bonds. The fourth-order valence-corrected chi connectivity index (χ4v) is 4.29. The number of carbonyl (C=O) groups is 1. The lowest BCUT2D eigenvalue weighted by atomic mass is 9.98. The van der Waals surface area contributed by atoms with E-state index in [-0.39, 0.29) is 17.4 Å². The normalized spacial score (nSPS) is 16.3. The number of carbonyl (C=O) groups excluding carboxylic acids is 1. The summed E-state index contributed by atoms with van der Waals surface area (Å²) >= 11 is 3.28. The minimum atomic E-state index is 0.0361. The number of hydrogen-bond donors (Lipinski definition) is 1. The Hall–Kier alpha value is -1.27. The Morgan fingerprint density at radius 3 is 2.57 bits per heavy atom. The molecule has 2 heterocycles. The zero-order valence-electron chi connectivity index (χ0n) is 14.0. The van der Waals surface area contributed by atoms with Gasteiger partial charge in [-0.1, -0.05) is 20.8 Å². The van der Waals surface area contributed by atoms with Crippen LogP contribution in [-0.4, -0.2) is 15.9 Å². The van der Waals surface area contributed by atoms with Gasteiger partial charge in [0.15, 0.2) is 0 Å². The first-order chi connectivity index (χ1) is 10.8. The summed E-state index contributed by atoms with van der Waals surface area (Å²) in [5.41, 5.74) is 1.93. The molecule has 2 aromatic heterocycles. The van der Waals surface area contributed by atoms with Crippen molar-refractivity contribution in [3.63, 3.8) is 0 Å². The van der Waals surface area contributed by atoms with Gasteiger partial charge in [0.25, 0.3) is 0 Å². The van der Waals surface area contributed by atoms with Crippen LogP contribution in [0.25, 0.3) is 0 Å². The van der Waals surface area contributed by atoms with E-state index < -0.39 is 0 Å². The largest absolute Gasteiger partial charge is 0.346 e. The third kappa shape index (κ3) is 4.18. The second kappa shape index (κ2) is 6.32. The molecule has 6 heteroatoms. The number of nitrogens with zero attached hydrogens (tertiary/aromatic N) is 2. The van der Waals surface area contributed by atoms with Crippen molar-refractivity contribution >= 4 is 28.6 Å². The lowest BCUT2D eigenvalue weighted by Crippen LogP contribution is -2.31. The van der Waals surface area contributed by atoms with Gasteiger partial charge < -0.3 is 5.32 Å². The highest BCUT2D eigenvalue weighted by Gasteiger charge is 2.35. The second-order valence-corrected chi connectivity index (χ2v) is 9.03. The van der Waals surface area contributed by atoms with Gasteiger partial charge in [0, 0.05) is 21.9 Å². The van der Waals surface area contributed by atoms with Crippen LogP contribution in [-0.2, 0) is 16.6 Å². The molecule has 4 nitrogen and oxygen atoms in total. The molecule has 0 radical (unpaired) electrons. The number of rotatable bonds is 5. The zero-order chi connectivity index (χ0) is 16.6. The van der Waals surface area contributed by atoms with E-state index in [4.69, 9.17) is 0 Å². The topological polar surface area (TPSA) is 54.9 Å². The van der Waals surface area contributed by atoms with E-state index in [2.05, 4.69) is 36.1 Å². The van der Waals surface area contributed by atoms with Crippen molar-refractivity contribution in [3.05, 3.63) is 32.2 Å². The lowest BCUT2D eigenvalue weighted by Gasteiger charge is -2.16. The van der Waals surface area contributed by atoms with E-state index in [1.54, 1.807) is 22.7 Å². The van der Waals surface area contributed by atoms with Gasteiger partial charge in [-0.25, -0.2) is 9.97 Å². The molecule has 1 aliphatic carbocycles. The van der Waals surface area contributed by atoms with Gasteiger partial charge in [0.2, 0.25) is 5.91 Å². The minimum absolute atomic E-state index is 0.0361. The molecule has 124 valence electrons. The molecule has 3 rings (SSSR count). The SMILES string of the molecule is Cc1csc(C(NC(=O)Cc2csc(C(C)(C)C)n2)C2CC2)n1. The number of hydrogen-bond acceptors (Lipinski definition) is 5. The summed E-state index contributed by atoms with van der Waals surface area (Å²) in [5, 5.41) is 9.34. The van der Waals surface area contributed by atoms with Crippen molar-refractivity contribution in [1.29, 1.82) is 0 Å². The van der Waals surface area contributed by atoms with Gasteiger partial charge >= 0.3 is 0 Å². The average Bonchev–Trinajstić information content (AvgIpc) is 3.02. The number of thiazole rings is 2. The van der Waals surface area contributed by atoms with Crippen molar-refractivity contribution in [1.82, 2.24) is 15.3 Å². The Labute approximate surface area is 145 Å². The van der Waals surface area contributed by atoms with Gasteiger partial charge in [-0.15, -0.1) is 22.7 Å². The fraction of sp³-hybridized carbons (Fsp3) is 0.588. The molecular weight excluding hydrogens is 326 g/mol. The lowest BCUT2D eigenvalue weighted by molar-refractivity contribution is -0.121. The molecule has 1 atom stereocenters. The third-order valence-electron chi connectivity index (χ3n) is 3.85. The van der Waals surface area contributed by atoms with Crippen LogP contribution >= 0.6 is 22.7 Å². The van der Waals surface area contributed by atoms with E-state index >= 15 is 0 Å². The van der Waals surface area contributed by atoms with Gasteiger partial charge in [0.1, 0.15) is 5.01 Å². The van der Waals surface area contributed by atoms with E-state index in [1.165, 1.54) is 12.8 Å². The van der Waals surface area contributed by atoms with Crippen LogP contribution < -0.4 is 5.32 Å². The monoisotopic (exact) mass is 349 g/mol. The molecule has 1 saturated carbocycles. The van der Waals surface area contributed by atoms with Gasteiger partial charge in [-0.3, -0.25) is 4.79 Å². The Balaban J connectivity index is 1.65. The number of aromatic nitrogens is 2. The van der Waals surface area contributed by atoms with Crippen LogP contribution in [0.1, 0.15) is 61.1 Å². The van der Waals surface area contributed by atoms with E-state index in [0.717, 1.165) is 21.4 Å². The molecule has 2 aromatic rings. The average molecular weight is 350 g/mol. The minimum Gasteiger partial charge on any atom is -0.346 e. The first-order valence-electron chi connectivity index (χ1n) is 7.99. The van der Waals surface area contributed by atoms with Crippen LogP contribution in [0.15, 0.2) is 10.8 Å². The summed E-state index contributed by atoms with van der Waals surface area (Å²) in [6.07, 6.45) is 2.70. The zero-order valence-corrected chi connectivity index (χ0v) is 15.7. The van der Waals surface area contributed by atoms with Crippen molar-refractivity contribution in [2.24, 2.45) is 5.92 Å². The first-order valence-corrected chi connectivity index (χ1v) is 9.75. The summed E-state index contributed by atoms with van der Waals surface area (Å²) in [7, 11) is 0. The highest BCUT2D eigenvalue weighted by Crippen LogP contribution is 2.41. The van der Waals surface area contributed by atoms with Crippen LogP contribution in [0.5, 0.6) is 0 Å². The van der Waals surface area contributed by atoms with Crippen LogP contribution in [0.4, 0.5) is 0 Å². The summed E-state index contributed by atoms with van der Waals surface area (Å²) < 4.78 is 0. The smallest absolute Gasteiger partial charge is 0.226 e. The molecular formula is C17H23N3OS2. The standard InChI is InChI=1S/C17H23N3OS2/c1-10-8-22-15(18-10)14(11-5-6-11)20-13(21)7-12-9-23-16(19-12)17(2,3)4/h8-9,11,14H,5-7H2,1-4H3,(H,20,21). The van der Waals surface area contributed by atoms with Gasteiger partial charge in [0.05, 0.1) is 23.2 Å². The predicted octanol–water partition coefficient (Wildman–Crippen LogP) is 4.02. The first kappa shape index (κ1) is 16.6. The summed E-state index contributed by atoms with van der Waals surface area (Å²) in [4.78, 5) is 21.6. The van der Waals surface area contributed by atoms with E-state index in [9.17, 15) is 4.79 Å². The maximum absolute atomic E-state index is 12.4. The molecule has 0 spiro atoms. The van der Waals surface area contributed by atoms with Gasteiger partial charge in [-0.2, -0.15) is 0 Å². The van der Waals surface area contributed by atoms with Crippen molar-refractivity contribution < 1.29 is 4.79 Å². The Bertz CT molecular complexity index is 695. The highest BCUT2D eigenvalue weighted by molar-refractivity contribution is 7.10. The van der Waals surface area contributed by atoms with Crippen molar-refractivity contribution in [2.45, 2.75) is 58.4 Å². The Morgan fingerprint density at radius 1 is 1.30 bits per heavy atom. The summed E-state index contributed by atoms with van der Waals surface area (Å²) in [6, 6.07) is 0.0712. The van der Waals surface area contributed by atoms with E-state index in [1.807, 2.05) is 17.7 Å². The van der Waals surface area contributed by atoms with Crippen LogP contribution in [0.2, 0.25) is 0 Å². The second-order valence-electron chi connectivity index (χ2n) is 7.28. The summed E-state index contributed by atoms with van der Waals surface area (Å²) in [5.74, 6) is 0.589. The molecule has 0 saturated heterocycles. The maximum atomic E-state index is 12.4. The molecule has 0 aliphatic heterocycles. The highest BCUT2D eigenvalue weighted by atomic mass is 32.1. The Kier molecular flexibility index (Phi) is 4.56.